The fourth-order valence-electron chi connectivity index (χ4n) is 1.30. The molecule has 1 aliphatic rings. The molecule has 0 bridgehead atoms. The van der Waals surface area contributed by atoms with Crippen LogP contribution in [-0.4, -0.2) is 18.2 Å². The standard InChI is InChI=1S/C7H15N3S/c1-8-7(11)10-9-6-4-2-3-5-6/h6,9H,2-5H2,1H3,(H2,8,10,11). The van der Waals surface area contributed by atoms with Crippen LogP contribution in [0.5, 0.6) is 0 Å². The number of rotatable bonds is 2. The first-order valence-electron chi connectivity index (χ1n) is 4.06. The highest BCUT2D eigenvalue weighted by Crippen LogP contribution is 2.16. The van der Waals surface area contributed by atoms with Crippen molar-refractivity contribution in [1.82, 2.24) is 16.2 Å². The summed E-state index contributed by atoms with van der Waals surface area (Å²) < 4.78 is 0. The van der Waals surface area contributed by atoms with Gasteiger partial charge in [0, 0.05) is 13.1 Å². The van der Waals surface area contributed by atoms with Crippen molar-refractivity contribution in [3.05, 3.63) is 0 Å². The molecule has 0 radical (unpaired) electrons. The van der Waals surface area contributed by atoms with Crippen LogP contribution in [0.15, 0.2) is 0 Å². The van der Waals surface area contributed by atoms with Crippen molar-refractivity contribution >= 4 is 17.3 Å². The second-order valence-corrected chi connectivity index (χ2v) is 3.24. The van der Waals surface area contributed by atoms with E-state index in [2.05, 4.69) is 16.2 Å². The molecule has 0 aliphatic heterocycles. The van der Waals surface area contributed by atoms with Gasteiger partial charge in [-0.25, -0.2) is 5.43 Å². The van der Waals surface area contributed by atoms with Crippen LogP contribution in [0.1, 0.15) is 25.7 Å². The zero-order valence-corrected chi connectivity index (χ0v) is 7.63. The first-order chi connectivity index (χ1) is 5.33. The monoisotopic (exact) mass is 173 g/mol. The zero-order valence-electron chi connectivity index (χ0n) is 6.81. The fourth-order valence-corrected chi connectivity index (χ4v) is 1.36. The molecule has 3 N–H and O–H groups in total. The average molecular weight is 173 g/mol. The van der Waals surface area contributed by atoms with Crippen LogP contribution < -0.4 is 16.2 Å². The van der Waals surface area contributed by atoms with Gasteiger partial charge in [-0.1, -0.05) is 12.8 Å². The molecule has 0 unspecified atom stereocenters. The summed E-state index contributed by atoms with van der Waals surface area (Å²) in [5.74, 6) is 0. The minimum absolute atomic E-state index is 0.612. The molecule has 1 fully saturated rings. The van der Waals surface area contributed by atoms with E-state index in [1.54, 1.807) is 0 Å². The van der Waals surface area contributed by atoms with E-state index >= 15 is 0 Å². The number of thiocarbonyl (C=S) groups is 1. The van der Waals surface area contributed by atoms with Crippen LogP contribution in [0.3, 0.4) is 0 Å². The zero-order chi connectivity index (χ0) is 8.10. The molecule has 1 aliphatic carbocycles. The Morgan fingerprint density at radius 3 is 2.55 bits per heavy atom. The number of hydrogen-bond donors (Lipinski definition) is 3. The molecule has 64 valence electrons. The lowest BCUT2D eigenvalue weighted by molar-refractivity contribution is 0.498. The Hall–Kier alpha value is -0.350. The number of hydrogen-bond acceptors (Lipinski definition) is 2. The summed E-state index contributed by atoms with van der Waals surface area (Å²) >= 11 is 4.91. The largest absolute Gasteiger partial charge is 0.365 e. The highest BCUT2D eigenvalue weighted by atomic mass is 32.1. The Labute approximate surface area is 72.9 Å². The van der Waals surface area contributed by atoms with Gasteiger partial charge in [-0.15, -0.1) is 0 Å². The molecule has 0 heterocycles. The smallest absolute Gasteiger partial charge is 0.180 e. The molecular weight excluding hydrogens is 158 g/mol. The quantitative estimate of drug-likeness (QED) is 0.420. The van der Waals surface area contributed by atoms with Crippen molar-refractivity contribution in [2.75, 3.05) is 7.05 Å². The summed E-state index contributed by atoms with van der Waals surface area (Å²) in [5.41, 5.74) is 6.12. The molecule has 0 aromatic heterocycles. The van der Waals surface area contributed by atoms with E-state index in [-0.39, 0.29) is 0 Å². The summed E-state index contributed by atoms with van der Waals surface area (Å²) in [6.45, 7) is 0. The predicted molar refractivity (Wildman–Crippen MR) is 50.2 cm³/mol. The van der Waals surface area contributed by atoms with E-state index in [0.29, 0.717) is 11.2 Å². The van der Waals surface area contributed by atoms with Crippen molar-refractivity contribution in [2.24, 2.45) is 0 Å². The lowest BCUT2D eigenvalue weighted by Gasteiger charge is -2.13. The van der Waals surface area contributed by atoms with Crippen LogP contribution in [0.2, 0.25) is 0 Å². The van der Waals surface area contributed by atoms with E-state index in [1.807, 2.05) is 7.05 Å². The maximum Gasteiger partial charge on any atom is 0.180 e. The second-order valence-electron chi connectivity index (χ2n) is 2.83. The highest BCUT2D eigenvalue weighted by Gasteiger charge is 2.13. The lowest BCUT2D eigenvalue weighted by Crippen LogP contribution is -2.46. The molecule has 1 rings (SSSR count). The molecule has 0 aromatic rings. The topological polar surface area (TPSA) is 36.1 Å². The van der Waals surface area contributed by atoms with Crippen LogP contribution in [0, 0.1) is 0 Å². The first kappa shape index (κ1) is 8.74. The Kier molecular flexibility index (Phi) is 3.59. The summed E-state index contributed by atoms with van der Waals surface area (Å²) in [6, 6.07) is 0.612. The van der Waals surface area contributed by atoms with E-state index in [1.165, 1.54) is 25.7 Å². The SMILES string of the molecule is CNC(=S)NNC1CCCC1. The van der Waals surface area contributed by atoms with Gasteiger partial charge < -0.3 is 5.32 Å². The second kappa shape index (κ2) is 4.51. The third-order valence-corrected chi connectivity index (χ3v) is 2.28. The Balaban J connectivity index is 2.06. The van der Waals surface area contributed by atoms with Gasteiger partial charge in [0.15, 0.2) is 5.11 Å². The number of nitrogens with one attached hydrogen (secondary N) is 3. The molecule has 0 aromatic carbocycles. The van der Waals surface area contributed by atoms with Crippen molar-refractivity contribution in [3.8, 4) is 0 Å². The molecule has 11 heavy (non-hydrogen) atoms. The fraction of sp³-hybridized carbons (Fsp3) is 0.857. The molecule has 4 heteroatoms. The van der Waals surface area contributed by atoms with Gasteiger partial charge >= 0.3 is 0 Å². The maximum atomic E-state index is 4.91. The summed E-state index contributed by atoms with van der Waals surface area (Å²) in [5, 5.41) is 3.51. The van der Waals surface area contributed by atoms with E-state index in [4.69, 9.17) is 12.2 Å². The Morgan fingerprint density at radius 2 is 2.00 bits per heavy atom. The molecule has 0 spiro atoms. The van der Waals surface area contributed by atoms with Crippen LogP contribution in [0.4, 0.5) is 0 Å². The molecule has 0 saturated heterocycles. The van der Waals surface area contributed by atoms with Crippen molar-refractivity contribution in [2.45, 2.75) is 31.7 Å². The third kappa shape index (κ3) is 3.03. The number of hydrazine groups is 1. The summed E-state index contributed by atoms with van der Waals surface area (Å²) in [7, 11) is 1.81. The summed E-state index contributed by atoms with van der Waals surface area (Å²) in [4.78, 5) is 0. The Morgan fingerprint density at radius 1 is 1.36 bits per heavy atom. The van der Waals surface area contributed by atoms with Gasteiger partial charge in [0.1, 0.15) is 0 Å². The molecule has 1 saturated carbocycles. The van der Waals surface area contributed by atoms with Gasteiger partial charge in [-0.3, -0.25) is 5.43 Å². The summed E-state index contributed by atoms with van der Waals surface area (Å²) in [6.07, 6.45) is 5.20. The normalized spacial score (nSPS) is 18.3. The van der Waals surface area contributed by atoms with E-state index in [9.17, 15) is 0 Å². The van der Waals surface area contributed by atoms with Gasteiger partial charge in [0.2, 0.25) is 0 Å². The van der Waals surface area contributed by atoms with Crippen LogP contribution in [-0.2, 0) is 0 Å². The molecule has 0 amide bonds. The van der Waals surface area contributed by atoms with Gasteiger partial charge in [-0.2, -0.15) is 0 Å². The van der Waals surface area contributed by atoms with E-state index in [0.717, 1.165) is 0 Å². The van der Waals surface area contributed by atoms with Crippen molar-refractivity contribution in [3.63, 3.8) is 0 Å². The van der Waals surface area contributed by atoms with E-state index < -0.39 is 0 Å². The van der Waals surface area contributed by atoms with Crippen molar-refractivity contribution in [1.29, 1.82) is 0 Å². The molecule has 0 atom stereocenters. The van der Waals surface area contributed by atoms with Gasteiger partial charge in [-0.05, 0) is 25.1 Å². The minimum Gasteiger partial charge on any atom is -0.365 e. The predicted octanol–water partition coefficient (Wildman–Crippen LogP) is 0.527. The van der Waals surface area contributed by atoms with Gasteiger partial charge in [0.25, 0.3) is 0 Å². The third-order valence-electron chi connectivity index (χ3n) is 1.97. The van der Waals surface area contributed by atoms with Crippen LogP contribution >= 0.6 is 12.2 Å². The van der Waals surface area contributed by atoms with Gasteiger partial charge in [0.05, 0.1) is 0 Å². The van der Waals surface area contributed by atoms with Crippen LogP contribution in [0.25, 0.3) is 0 Å². The minimum atomic E-state index is 0.612. The highest BCUT2D eigenvalue weighted by molar-refractivity contribution is 7.80. The Bertz CT molecular complexity index is 132. The lowest BCUT2D eigenvalue weighted by atomic mass is 10.3. The molecule has 3 nitrogen and oxygen atoms in total. The maximum absolute atomic E-state index is 4.91. The molecular formula is C7H15N3S. The first-order valence-corrected chi connectivity index (χ1v) is 4.47. The average Bonchev–Trinajstić information content (AvgIpc) is 2.52. The van der Waals surface area contributed by atoms with Crippen molar-refractivity contribution < 1.29 is 0 Å².